The number of carbonyl (C=O) groups excluding carboxylic acids is 2. The molecule has 0 bridgehead atoms. The van der Waals surface area contributed by atoms with Gasteiger partial charge in [-0.05, 0) is 13.3 Å². The summed E-state index contributed by atoms with van der Waals surface area (Å²) < 4.78 is 0. The summed E-state index contributed by atoms with van der Waals surface area (Å²) in [5.41, 5.74) is 0.521. The van der Waals surface area contributed by atoms with Gasteiger partial charge in [0.25, 0.3) is 0 Å². The normalized spacial score (nSPS) is 16.9. The Bertz CT molecular complexity index is 273. The number of nitrogens with zero attached hydrogens (tertiary/aromatic N) is 1. The van der Waals surface area contributed by atoms with Gasteiger partial charge in [-0.3, -0.25) is 0 Å². The number of hydroxylamine groups is 2. The first-order valence-corrected chi connectivity index (χ1v) is 4.59. The maximum atomic E-state index is 11.3. The van der Waals surface area contributed by atoms with Crippen molar-refractivity contribution in [2.24, 2.45) is 0 Å². The van der Waals surface area contributed by atoms with Gasteiger partial charge in [0.15, 0.2) is 0 Å². The van der Waals surface area contributed by atoms with Gasteiger partial charge in [0.1, 0.15) is 0 Å². The quantitative estimate of drug-likeness (QED) is 0.683. The Kier molecular flexibility index (Phi) is 3.50. The van der Waals surface area contributed by atoms with Crippen LogP contribution in [0.15, 0.2) is 11.6 Å². The van der Waals surface area contributed by atoms with Crippen molar-refractivity contribution in [2.45, 2.75) is 20.3 Å². The lowest BCUT2D eigenvalue weighted by Gasteiger charge is -2.12. The van der Waals surface area contributed by atoms with Crippen LogP contribution in [0, 0.1) is 0 Å². The molecular weight excluding hydrogens is 184 g/mol. The second-order valence-corrected chi connectivity index (χ2v) is 3.01. The number of carbonyl (C=O) groups is 2. The predicted octanol–water partition coefficient (Wildman–Crippen LogP) is 0.826. The van der Waals surface area contributed by atoms with E-state index in [9.17, 15) is 9.59 Å². The summed E-state index contributed by atoms with van der Waals surface area (Å²) in [6.45, 7) is 4.52. The lowest BCUT2D eigenvalue weighted by Crippen LogP contribution is -2.31. The third kappa shape index (κ3) is 2.48. The fraction of sp³-hybridized carbons (Fsp3) is 0.556. The van der Waals surface area contributed by atoms with Crippen LogP contribution in [0.25, 0.3) is 0 Å². The summed E-state index contributed by atoms with van der Waals surface area (Å²) >= 11 is 0. The molecule has 1 heterocycles. The standard InChI is InChI=1S/C9H14N2O3/c1-3-4-7(2)8(12)14-11-6-5-10-9(11)13/h4H,3,5-6H2,1-2H3,(H,10,13). The largest absolute Gasteiger partial charge is 0.358 e. The first-order valence-electron chi connectivity index (χ1n) is 4.59. The van der Waals surface area contributed by atoms with E-state index in [4.69, 9.17) is 4.84 Å². The van der Waals surface area contributed by atoms with Gasteiger partial charge >= 0.3 is 12.0 Å². The topological polar surface area (TPSA) is 58.6 Å². The Morgan fingerprint density at radius 2 is 2.43 bits per heavy atom. The SMILES string of the molecule is CCC=C(C)C(=O)ON1CCNC1=O. The Labute approximate surface area is 82.7 Å². The molecule has 1 fully saturated rings. The molecule has 0 aromatic heterocycles. The fourth-order valence-corrected chi connectivity index (χ4v) is 1.10. The van der Waals surface area contributed by atoms with E-state index in [0.717, 1.165) is 11.5 Å². The number of rotatable bonds is 3. The minimum atomic E-state index is -0.469. The molecule has 0 aliphatic carbocycles. The van der Waals surface area contributed by atoms with Crippen LogP contribution in [0.4, 0.5) is 4.79 Å². The van der Waals surface area contributed by atoms with Crippen molar-refractivity contribution >= 4 is 12.0 Å². The van der Waals surface area contributed by atoms with Gasteiger partial charge in [-0.1, -0.05) is 13.0 Å². The maximum absolute atomic E-state index is 11.3. The second kappa shape index (κ2) is 4.64. The molecule has 78 valence electrons. The summed E-state index contributed by atoms with van der Waals surface area (Å²) in [6.07, 6.45) is 2.53. The van der Waals surface area contributed by atoms with Crippen molar-refractivity contribution in [2.75, 3.05) is 13.1 Å². The fourth-order valence-electron chi connectivity index (χ4n) is 1.10. The van der Waals surface area contributed by atoms with Crippen LogP contribution in [0.3, 0.4) is 0 Å². The smallest absolute Gasteiger partial charge is 0.334 e. The van der Waals surface area contributed by atoms with Crippen molar-refractivity contribution in [3.8, 4) is 0 Å². The van der Waals surface area contributed by atoms with Gasteiger partial charge in [-0.15, -0.1) is 0 Å². The molecular formula is C9H14N2O3. The number of amides is 2. The summed E-state index contributed by atoms with van der Waals surface area (Å²) in [4.78, 5) is 27.2. The molecule has 1 rings (SSSR count). The molecule has 0 aromatic rings. The van der Waals surface area contributed by atoms with Crippen LogP contribution in [-0.2, 0) is 9.63 Å². The maximum Gasteiger partial charge on any atom is 0.358 e. The number of hydrogen-bond donors (Lipinski definition) is 1. The van der Waals surface area contributed by atoms with Crippen molar-refractivity contribution in [3.63, 3.8) is 0 Å². The zero-order valence-electron chi connectivity index (χ0n) is 8.37. The van der Waals surface area contributed by atoms with Crippen molar-refractivity contribution in [3.05, 3.63) is 11.6 Å². The average molecular weight is 198 g/mol. The molecule has 1 aliphatic heterocycles. The summed E-state index contributed by atoms with van der Waals surface area (Å²) in [7, 11) is 0. The van der Waals surface area contributed by atoms with Crippen molar-refractivity contribution < 1.29 is 14.4 Å². The molecule has 5 nitrogen and oxygen atoms in total. The van der Waals surface area contributed by atoms with Gasteiger partial charge in [-0.25, -0.2) is 9.59 Å². The molecule has 0 saturated carbocycles. The van der Waals surface area contributed by atoms with E-state index >= 15 is 0 Å². The Balaban J connectivity index is 2.48. The van der Waals surface area contributed by atoms with Crippen LogP contribution < -0.4 is 5.32 Å². The highest BCUT2D eigenvalue weighted by molar-refractivity contribution is 5.89. The highest BCUT2D eigenvalue weighted by Crippen LogP contribution is 2.04. The molecule has 1 N–H and O–H groups in total. The lowest BCUT2D eigenvalue weighted by molar-refractivity contribution is -0.168. The van der Waals surface area contributed by atoms with Gasteiger partial charge < -0.3 is 10.2 Å². The minimum absolute atomic E-state index is 0.359. The Hall–Kier alpha value is -1.52. The third-order valence-corrected chi connectivity index (χ3v) is 1.84. The molecule has 5 heteroatoms. The van der Waals surface area contributed by atoms with Crippen molar-refractivity contribution in [1.29, 1.82) is 0 Å². The van der Waals surface area contributed by atoms with E-state index in [2.05, 4.69) is 5.32 Å². The first kappa shape index (κ1) is 10.6. The van der Waals surface area contributed by atoms with Crippen LogP contribution in [0.5, 0.6) is 0 Å². The number of nitrogens with one attached hydrogen (secondary N) is 1. The molecule has 0 spiro atoms. The van der Waals surface area contributed by atoms with Gasteiger partial charge in [0.05, 0.1) is 6.54 Å². The minimum Gasteiger partial charge on any atom is -0.334 e. The molecule has 0 radical (unpaired) electrons. The molecule has 1 aliphatic rings. The molecule has 2 amide bonds. The van der Waals surface area contributed by atoms with Gasteiger partial charge in [0.2, 0.25) is 0 Å². The van der Waals surface area contributed by atoms with E-state index in [-0.39, 0.29) is 6.03 Å². The molecule has 14 heavy (non-hydrogen) atoms. The van der Waals surface area contributed by atoms with E-state index in [0.29, 0.717) is 18.7 Å². The zero-order valence-corrected chi connectivity index (χ0v) is 8.37. The highest BCUT2D eigenvalue weighted by Gasteiger charge is 2.23. The number of hydrogen-bond acceptors (Lipinski definition) is 3. The second-order valence-electron chi connectivity index (χ2n) is 3.01. The summed E-state index contributed by atoms with van der Waals surface area (Å²) in [5.74, 6) is -0.469. The van der Waals surface area contributed by atoms with Crippen LogP contribution >= 0.6 is 0 Å². The molecule has 0 unspecified atom stereocenters. The first-order chi connectivity index (χ1) is 6.65. The zero-order chi connectivity index (χ0) is 10.6. The van der Waals surface area contributed by atoms with E-state index < -0.39 is 5.97 Å². The summed E-state index contributed by atoms with van der Waals surface area (Å²) in [5, 5.41) is 3.57. The average Bonchev–Trinajstić information content (AvgIpc) is 2.52. The highest BCUT2D eigenvalue weighted by atomic mass is 16.7. The van der Waals surface area contributed by atoms with Gasteiger partial charge in [-0.2, -0.15) is 5.06 Å². The van der Waals surface area contributed by atoms with E-state index in [1.165, 1.54) is 0 Å². The van der Waals surface area contributed by atoms with Crippen molar-refractivity contribution in [1.82, 2.24) is 10.4 Å². The summed E-state index contributed by atoms with van der Waals surface area (Å²) in [6, 6.07) is -0.359. The molecule has 1 saturated heterocycles. The number of urea groups is 1. The molecule has 0 atom stereocenters. The van der Waals surface area contributed by atoms with Crippen LogP contribution in [0.2, 0.25) is 0 Å². The van der Waals surface area contributed by atoms with E-state index in [1.54, 1.807) is 13.0 Å². The number of allylic oxidation sites excluding steroid dienone is 1. The molecule has 0 aromatic carbocycles. The van der Waals surface area contributed by atoms with Crippen LogP contribution in [0.1, 0.15) is 20.3 Å². The third-order valence-electron chi connectivity index (χ3n) is 1.84. The Morgan fingerprint density at radius 3 is 2.93 bits per heavy atom. The lowest BCUT2D eigenvalue weighted by atomic mass is 10.2. The predicted molar refractivity (Wildman–Crippen MR) is 50.2 cm³/mol. The van der Waals surface area contributed by atoms with Gasteiger partial charge in [0, 0.05) is 12.1 Å². The Morgan fingerprint density at radius 1 is 1.71 bits per heavy atom. The monoisotopic (exact) mass is 198 g/mol. The van der Waals surface area contributed by atoms with E-state index in [1.807, 2.05) is 6.92 Å². The van der Waals surface area contributed by atoms with Crippen LogP contribution in [-0.4, -0.2) is 30.2 Å².